The van der Waals surface area contributed by atoms with Crippen LogP contribution in [0.25, 0.3) is 0 Å². The fourth-order valence-corrected chi connectivity index (χ4v) is 2.78. The minimum Gasteiger partial charge on any atom is -0.381 e. The Morgan fingerprint density at radius 2 is 2.20 bits per heavy atom. The van der Waals surface area contributed by atoms with E-state index in [0.29, 0.717) is 11.6 Å². The van der Waals surface area contributed by atoms with Gasteiger partial charge in [-0.3, -0.25) is 9.48 Å². The molecule has 0 spiro atoms. The monoisotopic (exact) mass is 272 g/mol. The van der Waals surface area contributed by atoms with E-state index in [1.807, 2.05) is 7.05 Å². The molecule has 1 fully saturated rings. The van der Waals surface area contributed by atoms with Gasteiger partial charge in [-0.1, -0.05) is 0 Å². The first-order chi connectivity index (χ1) is 7.24. The van der Waals surface area contributed by atoms with E-state index in [4.69, 9.17) is 4.74 Å². The van der Waals surface area contributed by atoms with Crippen molar-refractivity contribution >= 4 is 22.2 Å². The van der Waals surface area contributed by atoms with Crippen LogP contribution in [0.3, 0.4) is 0 Å². The second-order valence-electron chi connectivity index (χ2n) is 3.71. The summed E-state index contributed by atoms with van der Waals surface area (Å²) < 4.78 is 7.95. The highest BCUT2D eigenvalue weighted by atomic mass is 79.9. The fourth-order valence-electron chi connectivity index (χ4n) is 2.02. The zero-order chi connectivity index (χ0) is 10.8. The summed E-state index contributed by atoms with van der Waals surface area (Å²) >= 11 is 3.44. The summed E-state index contributed by atoms with van der Waals surface area (Å²) in [6, 6.07) is 0. The van der Waals surface area contributed by atoms with Crippen molar-refractivity contribution in [2.45, 2.75) is 18.8 Å². The molecule has 1 aliphatic rings. The minimum atomic E-state index is 0.444. The van der Waals surface area contributed by atoms with Gasteiger partial charge in [-0.2, -0.15) is 5.10 Å². The number of ether oxygens (including phenoxy) is 1. The molecule has 0 unspecified atom stereocenters. The molecule has 0 N–H and O–H groups in total. The number of aromatic nitrogens is 2. The highest BCUT2D eigenvalue weighted by molar-refractivity contribution is 9.10. The minimum absolute atomic E-state index is 0.444. The van der Waals surface area contributed by atoms with Crippen molar-refractivity contribution in [3.05, 3.63) is 15.9 Å². The van der Waals surface area contributed by atoms with E-state index < -0.39 is 0 Å². The summed E-state index contributed by atoms with van der Waals surface area (Å²) in [7, 11) is 1.88. The van der Waals surface area contributed by atoms with Crippen molar-refractivity contribution in [3.8, 4) is 0 Å². The molecule has 15 heavy (non-hydrogen) atoms. The lowest BCUT2D eigenvalue weighted by molar-refractivity contribution is 0.0836. The van der Waals surface area contributed by atoms with Crippen molar-refractivity contribution < 1.29 is 9.53 Å². The zero-order valence-corrected chi connectivity index (χ0v) is 10.2. The lowest BCUT2D eigenvalue weighted by Gasteiger charge is -2.22. The van der Waals surface area contributed by atoms with Gasteiger partial charge < -0.3 is 4.74 Å². The Morgan fingerprint density at radius 1 is 1.53 bits per heavy atom. The van der Waals surface area contributed by atoms with Gasteiger partial charge in [0.25, 0.3) is 0 Å². The summed E-state index contributed by atoms with van der Waals surface area (Å²) in [5, 5.41) is 4.16. The maximum atomic E-state index is 10.7. The SMILES string of the molecule is Cn1nc(C=O)c(Br)c1C1CCOCC1. The molecule has 1 saturated heterocycles. The van der Waals surface area contributed by atoms with E-state index in [0.717, 1.165) is 42.5 Å². The molecular weight excluding hydrogens is 260 g/mol. The first kappa shape index (κ1) is 10.8. The van der Waals surface area contributed by atoms with Crippen LogP contribution in [0.1, 0.15) is 34.9 Å². The van der Waals surface area contributed by atoms with Gasteiger partial charge in [0, 0.05) is 26.2 Å². The van der Waals surface area contributed by atoms with Gasteiger partial charge in [0.2, 0.25) is 0 Å². The maximum absolute atomic E-state index is 10.7. The third-order valence-electron chi connectivity index (χ3n) is 2.78. The van der Waals surface area contributed by atoms with E-state index in [1.165, 1.54) is 0 Å². The van der Waals surface area contributed by atoms with Gasteiger partial charge in [0.15, 0.2) is 6.29 Å². The van der Waals surface area contributed by atoms with Gasteiger partial charge in [0.05, 0.1) is 10.2 Å². The number of hydrogen-bond donors (Lipinski definition) is 0. The molecule has 0 atom stereocenters. The Balaban J connectivity index is 2.33. The summed E-state index contributed by atoms with van der Waals surface area (Å²) in [5.41, 5.74) is 1.60. The molecule has 0 saturated carbocycles. The molecule has 1 aromatic rings. The summed E-state index contributed by atoms with van der Waals surface area (Å²) in [6.07, 6.45) is 2.78. The van der Waals surface area contributed by atoms with Crippen LogP contribution in [-0.2, 0) is 11.8 Å². The molecule has 5 heteroatoms. The average molecular weight is 273 g/mol. The normalized spacial score (nSPS) is 18.0. The molecule has 1 aromatic heterocycles. The van der Waals surface area contributed by atoms with Gasteiger partial charge in [-0.15, -0.1) is 0 Å². The number of nitrogens with zero attached hydrogens (tertiary/aromatic N) is 2. The molecule has 4 nitrogen and oxygen atoms in total. The third-order valence-corrected chi connectivity index (χ3v) is 3.59. The van der Waals surface area contributed by atoms with Gasteiger partial charge in [-0.05, 0) is 28.8 Å². The van der Waals surface area contributed by atoms with E-state index in [9.17, 15) is 4.79 Å². The molecular formula is C10H13BrN2O2. The first-order valence-corrected chi connectivity index (χ1v) is 5.78. The molecule has 2 heterocycles. The van der Waals surface area contributed by atoms with Crippen LogP contribution >= 0.6 is 15.9 Å². The number of carbonyl (C=O) groups is 1. The van der Waals surface area contributed by atoms with Crippen molar-refractivity contribution in [1.82, 2.24) is 9.78 Å². The Labute approximate surface area is 96.7 Å². The van der Waals surface area contributed by atoms with E-state index in [2.05, 4.69) is 21.0 Å². The Hall–Kier alpha value is -0.680. The predicted molar refractivity (Wildman–Crippen MR) is 59.1 cm³/mol. The molecule has 2 rings (SSSR count). The van der Waals surface area contributed by atoms with Crippen LogP contribution in [-0.4, -0.2) is 29.3 Å². The fraction of sp³-hybridized carbons (Fsp3) is 0.600. The largest absolute Gasteiger partial charge is 0.381 e. The lowest BCUT2D eigenvalue weighted by Crippen LogP contribution is -2.17. The number of halogens is 1. The average Bonchev–Trinajstić information content (AvgIpc) is 2.55. The number of hydrogen-bond acceptors (Lipinski definition) is 3. The van der Waals surface area contributed by atoms with Gasteiger partial charge in [0.1, 0.15) is 5.69 Å². The Kier molecular flexibility index (Phi) is 3.21. The highest BCUT2D eigenvalue weighted by Crippen LogP contribution is 2.33. The topological polar surface area (TPSA) is 44.1 Å². The zero-order valence-electron chi connectivity index (χ0n) is 8.57. The molecule has 0 bridgehead atoms. The number of aldehydes is 1. The molecule has 0 aromatic carbocycles. The molecule has 82 valence electrons. The second kappa shape index (κ2) is 4.45. The first-order valence-electron chi connectivity index (χ1n) is 4.99. The van der Waals surface area contributed by atoms with Crippen LogP contribution < -0.4 is 0 Å². The van der Waals surface area contributed by atoms with Crippen molar-refractivity contribution in [3.63, 3.8) is 0 Å². The van der Waals surface area contributed by atoms with E-state index >= 15 is 0 Å². The highest BCUT2D eigenvalue weighted by Gasteiger charge is 2.24. The Bertz CT molecular complexity index is 370. The quantitative estimate of drug-likeness (QED) is 0.773. The van der Waals surface area contributed by atoms with E-state index in [-0.39, 0.29) is 0 Å². The van der Waals surface area contributed by atoms with Gasteiger partial charge >= 0.3 is 0 Å². The van der Waals surface area contributed by atoms with Crippen LogP contribution in [0, 0.1) is 0 Å². The van der Waals surface area contributed by atoms with Crippen molar-refractivity contribution in [2.75, 3.05) is 13.2 Å². The summed E-state index contributed by atoms with van der Waals surface area (Å²) in [5.74, 6) is 0.444. The van der Waals surface area contributed by atoms with E-state index in [1.54, 1.807) is 4.68 Å². The summed E-state index contributed by atoms with van der Waals surface area (Å²) in [6.45, 7) is 1.58. The third kappa shape index (κ3) is 1.99. The lowest BCUT2D eigenvalue weighted by atomic mass is 9.96. The number of aryl methyl sites for hydroxylation is 1. The van der Waals surface area contributed by atoms with Crippen LogP contribution in [0.4, 0.5) is 0 Å². The number of carbonyl (C=O) groups excluding carboxylic acids is 1. The predicted octanol–water partition coefficient (Wildman–Crippen LogP) is 1.89. The molecule has 0 radical (unpaired) electrons. The number of rotatable bonds is 2. The standard InChI is InChI=1S/C10H13BrN2O2/c1-13-10(7-2-4-15-5-3-7)9(11)8(6-14)12-13/h6-7H,2-5H2,1H3. The van der Waals surface area contributed by atoms with Crippen LogP contribution in [0.15, 0.2) is 4.47 Å². The van der Waals surface area contributed by atoms with Crippen LogP contribution in [0.5, 0.6) is 0 Å². The van der Waals surface area contributed by atoms with Crippen molar-refractivity contribution in [1.29, 1.82) is 0 Å². The molecule has 0 amide bonds. The molecule has 0 aliphatic carbocycles. The molecule has 1 aliphatic heterocycles. The van der Waals surface area contributed by atoms with Crippen LogP contribution in [0.2, 0.25) is 0 Å². The van der Waals surface area contributed by atoms with Crippen molar-refractivity contribution in [2.24, 2.45) is 7.05 Å². The maximum Gasteiger partial charge on any atom is 0.171 e. The smallest absolute Gasteiger partial charge is 0.171 e. The second-order valence-corrected chi connectivity index (χ2v) is 4.51. The van der Waals surface area contributed by atoms with Gasteiger partial charge in [-0.25, -0.2) is 0 Å². The summed E-state index contributed by atoms with van der Waals surface area (Å²) in [4.78, 5) is 10.7. The Morgan fingerprint density at radius 3 is 2.73 bits per heavy atom.